The molecule has 0 aromatic carbocycles. The van der Waals surface area contributed by atoms with Crippen LogP contribution < -0.4 is 0 Å². The molecule has 2 aliphatic rings. The van der Waals surface area contributed by atoms with Gasteiger partial charge in [0, 0.05) is 13.1 Å². The molecule has 2 unspecified atom stereocenters. The Morgan fingerprint density at radius 2 is 1.95 bits per heavy atom. The average Bonchev–Trinajstić information content (AvgIpc) is 2.96. The van der Waals surface area contributed by atoms with Gasteiger partial charge < -0.3 is 10.0 Å². The van der Waals surface area contributed by atoms with E-state index < -0.39 is 16.1 Å². The molecule has 2 heterocycles. The van der Waals surface area contributed by atoms with Crippen LogP contribution in [0, 0.1) is 0 Å². The highest BCUT2D eigenvalue weighted by molar-refractivity contribution is 7.89. The SMILES string of the molecule is CCCS(=O)(=O)N1CCCC1C(=O)N1CCCCC1CO. The fourth-order valence-electron chi connectivity index (χ4n) is 3.37. The Morgan fingerprint density at radius 3 is 2.62 bits per heavy atom. The Morgan fingerprint density at radius 1 is 1.19 bits per heavy atom. The molecular weight excluding hydrogens is 292 g/mol. The van der Waals surface area contributed by atoms with Crippen LogP contribution in [0.3, 0.4) is 0 Å². The lowest BCUT2D eigenvalue weighted by atomic mass is 10.0. The summed E-state index contributed by atoms with van der Waals surface area (Å²) in [5.41, 5.74) is 0. The van der Waals surface area contributed by atoms with E-state index in [0.717, 1.165) is 25.7 Å². The monoisotopic (exact) mass is 318 g/mol. The minimum atomic E-state index is -3.34. The predicted molar refractivity (Wildman–Crippen MR) is 80.2 cm³/mol. The molecule has 21 heavy (non-hydrogen) atoms. The van der Waals surface area contributed by atoms with Crippen molar-refractivity contribution >= 4 is 15.9 Å². The molecule has 2 saturated heterocycles. The summed E-state index contributed by atoms with van der Waals surface area (Å²) in [5.74, 6) is -0.0221. The van der Waals surface area contributed by atoms with Crippen LogP contribution in [-0.4, -0.2) is 66.2 Å². The van der Waals surface area contributed by atoms with E-state index in [4.69, 9.17) is 0 Å². The lowest BCUT2D eigenvalue weighted by molar-refractivity contribution is -0.139. The molecule has 2 fully saturated rings. The smallest absolute Gasteiger partial charge is 0.241 e. The lowest BCUT2D eigenvalue weighted by Crippen LogP contribution is -2.53. The van der Waals surface area contributed by atoms with Gasteiger partial charge in [-0.3, -0.25) is 4.79 Å². The van der Waals surface area contributed by atoms with Crippen molar-refractivity contribution in [3.05, 3.63) is 0 Å². The molecule has 2 rings (SSSR count). The van der Waals surface area contributed by atoms with Crippen molar-refractivity contribution in [3.8, 4) is 0 Å². The van der Waals surface area contributed by atoms with Gasteiger partial charge in [-0.25, -0.2) is 8.42 Å². The number of sulfonamides is 1. The number of hydrogen-bond donors (Lipinski definition) is 1. The van der Waals surface area contributed by atoms with Crippen molar-refractivity contribution in [1.82, 2.24) is 9.21 Å². The summed E-state index contributed by atoms with van der Waals surface area (Å²) in [4.78, 5) is 14.4. The molecule has 0 radical (unpaired) electrons. The zero-order valence-corrected chi connectivity index (χ0v) is 13.5. The van der Waals surface area contributed by atoms with Crippen LogP contribution in [0.1, 0.15) is 45.4 Å². The Kier molecular flexibility index (Phi) is 5.62. The van der Waals surface area contributed by atoms with Crippen LogP contribution in [0.2, 0.25) is 0 Å². The van der Waals surface area contributed by atoms with E-state index in [2.05, 4.69) is 0 Å². The maximum Gasteiger partial charge on any atom is 0.241 e. The zero-order chi connectivity index (χ0) is 15.5. The molecule has 6 nitrogen and oxygen atoms in total. The molecule has 2 aliphatic heterocycles. The van der Waals surface area contributed by atoms with E-state index >= 15 is 0 Å². The van der Waals surface area contributed by atoms with Crippen molar-refractivity contribution in [2.24, 2.45) is 0 Å². The summed E-state index contributed by atoms with van der Waals surface area (Å²) in [6, 6.07) is -0.712. The fourth-order valence-corrected chi connectivity index (χ4v) is 5.11. The quantitative estimate of drug-likeness (QED) is 0.803. The van der Waals surface area contributed by atoms with Gasteiger partial charge in [-0.2, -0.15) is 4.31 Å². The zero-order valence-electron chi connectivity index (χ0n) is 12.7. The van der Waals surface area contributed by atoms with Gasteiger partial charge in [-0.15, -0.1) is 0 Å². The van der Waals surface area contributed by atoms with Gasteiger partial charge in [0.05, 0.1) is 18.4 Å². The molecule has 1 N–H and O–H groups in total. The minimum absolute atomic E-state index is 0.0415. The predicted octanol–water partition coefficient (Wildman–Crippen LogP) is 0.564. The molecule has 0 aliphatic carbocycles. The van der Waals surface area contributed by atoms with Gasteiger partial charge in [0.15, 0.2) is 0 Å². The van der Waals surface area contributed by atoms with Gasteiger partial charge >= 0.3 is 0 Å². The summed E-state index contributed by atoms with van der Waals surface area (Å²) in [7, 11) is -3.34. The maximum atomic E-state index is 12.7. The van der Waals surface area contributed by atoms with Crippen LogP contribution in [0.4, 0.5) is 0 Å². The van der Waals surface area contributed by atoms with Crippen LogP contribution >= 0.6 is 0 Å². The largest absolute Gasteiger partial charge is 0.394 e. The number of aliphatic hydroxyl groups is 1. The molecule has 0 aromatic heterocycles. The summed E-state index contributed by atoms with van der Waals surface area (Å²) in [6.07, 6.45) is 4.63. The van der Waals surface area contributed by atoms with E-state index in [1.165, 1.54) is 4.31 Å². The Balaban J connectivity index is 2.13. The molecule has 0 bridgehead atoms. The van der Waals surface area contributed by atoms with Crippen LogP contribution in [0.25, 0.3) is 0 Å². The number of amides is 1. The van der Waals surface area contributed by atoms with Crippen molar-refractivity contribution in [2.45, 2.75) is 57.5 Å². The number of nitrogens with zero attached hydrogens (tertiary/aromatic N) is 2. The third kappa shape index (κ3) is 3.57. The highest BCUT2D eigenvalue weighted by Gasteiger charge is 2.41. The molecular formula is C14H26N2O4S. The van der Waals surface area contributed by atoms with Crippen molar-refractivity contribution in [1.29, 1.82) is 0 Å². The van der Waals surface area contributed by atoms with E-state index in [0.29, 0.717) is 25.9 Å². The first-order valence-corrected chi connectivity index (χ1v) is 9.53. The normalized spacial score (nSPS) is 28.0. The number of carbonyl (C=O) groups is 1. The first-order chi connectivity index (χ1) is 10.0. The van der Waals surface area contributed by atoms with Crippen LogP contribution in [-0.2, 0) is 14.8 Å². The number of likely N-dealkylation sites (tertiary alicyclic amines) is 1. The van der Waals surface area contributed by atoms with Crippen LogP contribution in [0.5, 0.6) is 0 Å². The van der Waals surface area contributed by atoms with Crippen molar-refractivity contribution < 1.29 is 18.3 Å². The molecule has 7 heteroatoms. The minimum Gasteiger partial charge on any atom is -0.394 e. The standard InChI is InChI=1S/C14H26N2O4S/c1-2-10-21(19,20)16-9-5-7-13(16)14(18)15-8-4-3-6-12(15)11-17/h12-13,17H,2-11H2,1H3. The van der Waals surface area contributed by atoms with Gasteiger partial charge in [0.25, 0.3) is 0 Å². The van der Waals surface area contributed by atoms with Crippen LogP contribution in [0.15, 0.2) is 0 Å². The maximum absolute atomic E-state index is 12.7. The summed E-state index contributed by atoms with van der Waals surface area (Å²) in [6.45, 7) is 2.86. The summed E-state index contributed by atoms with van der Waals surface area (Å²) < 4.78 is 26.0. The number of hydrogen-bond acceptors (Lipinski definition) is 4. The number of piperidine rings is 1. The molecule has 0 saturated carbocycles. The number of carbonyl (C=O) groups excluding carboxylic acids is 1. The number of rotatable bonds is 5. The third-order valence-corrected chi connectivity index (χ3v) is 6.50. The van der Waals surface area contributed by atoms with Crippen molar-refractivity contribution in [2.75, 3.05) is 25.4 Å². The second-order valence-corrected chi connectivity index (χ2v) is 7.99. The first kappa shape index (κ1) is 16.7. The van der Waals surface area contributed by atoms with E-state index in [1.807, 2.05) is 6.92 Å². The number of aliphatic hydroxyl groups excluding tert-OH is 1. The molecule has 2 atom stereocenters. The first-order valence-electron chi connectivity index (χ1n) is 7.92. The Hall–Kier alpha value is -0.660. The second kappa shape index (κ2) is 7.07. The van der Waals surface area contributed by atoms with Gasteiger partial charge in [0.2, 0.25) is 15.9 Å². The lowest BCUT2D eigenvalue weighted by Gasteiger charge is -2.37. The fraction of sp³-hybridized carbons (Fsp3) is 0.929. The topological polar surface area (TPSA) is 77.9 Å². The second-order valence-electron chi connectivity index (χ2n) is 5.95. The molecule has 1 amide bonds. The van der Waals surface area contributed by atoms with Gasteiger partial charge in [0.1, 0.15) is 6.04 Å². The molecule has 0 aromatic rings. The average molecular weight is 318 g/mol. The molecule has 0 spiro atoms. The Bertz CT molecular complexity index is 466. The third-order valence-electron chi connectivity index (χ3n) is 4.43. The summed E-state index contributed by atoms with van der Waals surface area (Å²) >= 11 is 0. The van der Waals surface area contributed by atoms with E-state index in [9.17, 15) is 18.3 Å². The van der Waals surface area contributed by atoms with Gasteiger partial charge in [-0.05, 0) is 38.5 Å². The van der Waals surface area contributed by atoms with E-state index in [1.54, 1.807) is 4.90 Å². The highest BCUT2D eigenvalue weighted by atomic mass is 32.2. The summed E-state index contributed by atoms with van der Waals surface area (Å²) in [5, 5.41) is 9.44. The Labute approximate surface area is 127 Å². The van der Waals surface area contributed by atoms with Crippen molar-refractivity contribution in [3.63, 3.8) is 0 Å². The van der Waals surface area contributed by atoms with E-state index in [-0.39, 0.29) is 24.3 Å². The van der Waals surface area contributed by atoms with Gasteiger partial charge in [-0.1, -0.05) is 6.92 Å². The molecule has 122 valence electrons. The highest BCUT2D eigenvalue weighted by Crippen LogP contribution is 2.26.